The highest BCUT2D eigenvalue weighted by molar-refractivity contribution is 5.87. The van der Waals surface area contributed by atoms with Crippen LogP contribution in [0.4, 0.5) is 4.79 Å². The fourth-order valence-electron chi connectivity index (χ4n) is 2.01. The summed E-state index contributed by atoms with van der Waals surface area (Å²) in [4.78, 5) is 35.4. The lowest BCUT2D eigenvalue weighted by molar-refractivity contribution is -0.143. The Kier molecular flexibility index (Phi) is 9.21. The zero-order chi connectivity index (χ0) is 17.3. The van der Waals surface area contributed by atoms with Gasteiger partial charge in [-0.1, -0.05) is 27.7 Å². The first kappa shape index (κ1) is 20.2. The molecule has 0 aliphatic rings. The Balaban J connectivity index is 4.76. The second-order valence-electron chi connectivity index (χ2n) is 6.03. The largest absolute Gasteiger partial charge is 0.467 e. The van der Waals surface area contributed by atoms with Gasteiger partial charge in [0, 0.05) is 0 Å². The van der Waals surface area contributed by atoms with Gasteiger partial charge >= 0.3 is 18.0 Å². The van der Waals surface area contributed by atoms with Gasteiger partial charge in [0.05, 0.1) is 14.2 Å². The molecule has 7 nitrogen and oxygen atoms in total. The molecule has 0 aliphatic carbocycles. The van der Waals surface area contributed by atoms with Crippen molar-refractivity contribution in [1.82, 2.24) is 10.6 Å². The van der Waals surface area contributed by atoms with Crippen LogP contribution in [0.1, 0.15) is 40.5 Å². The molecule has 0 heterocycles. The van der Waals surface area contributed by atoms with Gasteiger partial charge in [-0.25, -0.2) is 14.4 Å². The minimum absolute atomic E-state index is 0.205. The molecule has 0 fully saturated rings. The van der Waals surface area contributed by atoms with Crippen LogP contribution in [0.2, 0.25) is 0 Å². The third-order valence-electron chi connectivity index (χ3n) is 3.00. The molecule has 0 radical (unpaired) electrons. The summed E-state index contributed by atoms with van der Waals surface area (Å²) in [6, 6.07) is -2.09. The van der Waals surface area contributed by atoms with Crippen molar-refractivity contribution in [3.8, 4) is 0 Å². The van der Waals surface area contributed by atoms with Gasteiger partial charge in [-0.15, -0.1) is 0 Å². The Morgan fingerprint density at radius 1 is 0.773 bits per heavy atom. The molecule has 0 rings (SSSR count). The molecule has 22 heavy (non-hydrogen) atoms. The lowest BCUT2D eigenvalue weighted by Gasteiger charge is -2.22. The minimum Gasteiger partial charge on any atom is -0.467 e. The number of esters is 2. The van der Waals surface area contributed by atoms with E-state index in [1.54, 1.807) is 0 Å². The Morgan fingerprint density at radius 3 is 1.32 bits per heavy atom. The van der Waals surface area contributed by atoms with Crippen LogP contribution >= 0.6 is 0 Å². The van der Waals surface area contributed by atoms with E-state index in [2.05, 4.69) is 20.1 Å². The summed E-state index contributed by atoms with van der Waals surface area (Å²) < 4.78 is 9.36. The van der Waals surface area contributed by atoms with Crippen LogP contribution < -0.4 is 10.6 Å². The molecule has 128 valence electrons. The van der Waals surface area contributed by atoms with Gasteiger partial charge in [-0.3, -0.25) is 0 Å². The first-order valence-corrected chi connectivity index (χ1v) is 7.43. The van der Waals surface area contributed by atoms with Crippen LogP contribution in [0.3, 0.4) is 0 Å². The van der Waals surface area contributed by atoms with Crippen molar-refractivity contribution in [2.45, 2.75) is 52.6 Å². The van der Waals surface area contributed by atoms with Gasteiger partial charge in [0.2, 0.25) is 0 Å². The van der Waals surface area contributed by atoms with Gasteiger partial charge in [-0.05, 0) is 24.7 Å². The van der Waals surface area contributed by atoms with Crippen molar-refractivity contribution < 1.29 is 23.9 Å². The first-order chi connectivity index (χ1) is 10.2. The van der Waals surface area contributed by atoms with Crippen molar-refractivity contribution in [3.63, 3.8) is 0 Å². The molecule has 0 saturated heterocycles. The monoisotopic (exact) mass is 316 g/mol. The first-order valence-electron chi connectivity index (χ1n) is 7.43. The van der Waals surface area contributed by atoms with E-state index in [0.29, 0.717) is 12.8 Å². The number of carbonyl (C=O) groups is 3. The average molecular weight is 316 g/mol. The lowest BCUT2D eigenvalue weighted by Crippen LogP contribution is -2.52. The van der Waals surface area contributed by atoms with Crippen molar-refractivity contribution in [2.24, 2.45) is 11.8 Å². The number of methoxy groups -OCH3 is 2. The van der Waals surface area contributed by atoms with E-state index >= 15 is 0 Å². The molecule has 0 spiro atoms. The summed E-state index contributed by atoms with van der Waals surface area (Å²) in [7, 11) is 2.54. The topological polar surface area (TPSA) is 93.7 Å². The molecule has 0 saturated carbocycles. The highest BCUT2D eigenvalue weighted by atomic mass is 16.5. The average Bonchev–Trinajstić information content (AvgIpc) is 2.43. The summed E-state index contributed by atoms with van der Waals surface area (Å²) in [5, 5.41) is 5.10. The summed E-state index contributed by atoms with van der Waals surface area (Å²) in [5.74, 6) is -0.613. The van der Waals surface area contributed by atoms with Gasteiger partial charge < -0.3 is 20.1 Å². The number of nitrogens with one attached hydrogen (secondary N) is 2. The Morgan fingerprint density at radius 2 is 1.09 bits per heavy atom. The predicted molar refractivity (Wildman–Crippen MR) is 82.2 cm³/mol. The quantitative estimate of drug-likeness (QED) is 0.661. The van der Waals surface area contributed by atoms with Gasteiger partial charge in [0.25, 0.3) is 0 Å². The molecule has 0 unspecified atom stereocenters. The van der Waals surface area contributed by atoms with Crippen LogP contribution in [0.15, 0.2) is 0 Å². The van der Waals surface area contributed by atoms with E-state index < -0.39 is 30.1 Å². The molecule has 2 amide bonds. The fourth-order valence-corrected chi connectivity index (χ4v) is 2.01. The van der Waals surface area contributed by atoms with E-state index in [9.17, 15) is 14.4 Å². The van der Waals surface area contributed by atoms with E-state index in [0.717, 1.165) is 0 Å². The SMILES string of the molecule is COC(=O)[C@H](CC(C)C)NC(=O)N[C@@H](CC(C)C)C(=O)OC. The Hall–Kier alpha value is -1.79. The number of hydrogen-bond acceptors (Lipinski definition) is 5. The summed E-state index contributed by atoms with van der Waals surface area (Å²) >= 11 is 0. The maximum absolute atomic E-state index is 12.0. The zero-order valence-electron chi connectivity index (χ0n) is 14.3. The number of urea groups is 1. The smallest absolute Gasteiger partial charge is 0.328 e. The standard InChI is InChI=1S/C15H28N2O5/c1-9(2)7-11(13(18)21-5)16-15(20)17-12(8-10(3)4)14(19)22-6/h9-12H,7-8H2,1-6H3,(H2,16,17,20)/t11-,12-/m0/s1. The second-order valence-corrected chi connectivity index (χ2v) is 6.03. The number of amides is 2. The van der Waals surface area contributed by atoms with Gasteiger partial charge in [0.15, 0.2) is 0 Å². The van der Waals surface area contributed by atoms with Crippen LogP contribution in [-0.2, 0) is 19.1 Å². The summed E-state index contributed by atoms with van der Waals surface area (Å²) in [5.41, 5.74) is 0. The number of carbonyl (C=O) groups excluding carboxylic acids is 3. The molecule has 0 aromatic heterocycles. The molecule has 0 aromatic carbocycles. The van der Waals surface area contributed by atoms with E-state index in [1.165, 1.54) is 14.2 Å². The summed E-state index contributed by atoms with van der Waals surface area (Å²) in [6.45, 7) is 7.74. The van der Waals surface area contributed by atoms with Gasteiger partial charge in [-0.2, -0.15) is 0 Å². The Labute approximate surface area is 132 Å². The van der Waals surface area contributed by atoms with E-state index in [4.69, 9.17) is 0 Å². The van der Waals surface area contributed by atoms with E-state index in [-0.39, 0.29) is 11.8 Å². The lowest BCUT2D eigenvalue weighted by atomic mass is 10.0. The van der Waals surface area contributed by atoms with Crippen LogP contribution in [0.25, 0.3) is 0 Å². The highest BCUT2D eigenvalue weighted by Gasteiger charge is 2.26. The predicted octanol–water partition coefficient (Wildman–Crippen LogP) is 1.46. The van der Waals surface area contributed by atoms with Crippen LogP contribution in [-0.4, -0.2) is 44.3 Å². The zero-order valence-corrected chi connectivity index (χ0v) is 14.3. The molecule has 0 bridgehead atoms. The molecule has 0 aliphatic heterocycles. The second kappa shape index (κ2) is 10.0. The Bertz CT molecular complexity index is 348. The third kappa shape index (κ3) is 7.85. The third-order valence-corrected chi connectivity index (χ3v) is 3.00. The number of rotatable bonds is 8. The molecule has 2 atom stereocenters. The van der Waals surface area contributed by atoms with Gasteiger partial charge in [0.1, 0.15) is 12.1 Å². The number of ether oxygens (including phenoxy) is 2. The molecular weight excluding hydrogens is 288 g/mol. The maximum Gasteiger partial charge on any atom is 0.328 e. The molecule has 2 N–H and O–H groups in total. The fraction of sp³-hybridized carbons (Fsp3) is 0.800. The normalized spacial score (nSPS) is 13.5. The van der Waals surface area contributed by atoms with Crippen molar-refractivity contribution in [3.05, 3.63) is 0 Å². The number of hydrogen-bond donors (Lipinski definition) is 2. The highest BCUT2D eigenvalue weighted by Crippen LogP contribution is 2.08. The molecule has 0 aromatic rings. The van der Waals surface area contributed by atoms with Crippen LogP contribution in [0.5, 0.6) is 0 Å². The van der Waals surface area contributed by atoms with Crippen molar-refractivity contribution in [1.29, 1.82) is 0 Å². The summed E-state index contributed by atoms with van der Waals surface area (Å²) in [6.07, 6.45) is 0.903. The van der Waals surface area contributed by atoms with Crippen molar-refractivity contribution >= 4 is 18.0 Å². The molecular formula is C15H28N2O5. The van der Waals surface area contributed by atoms with Crippen LogP contribution in [0, 0.1) is 11.8 Å². The maximum atomic E-state index is 12.0. The van der Waals surface area contributed by atoms with Crippen molar-refractivity contribution in [2.75, 3.05) is 14.2 Å². The van der Waals surface area contributed by atoms with E-state index in [1.807, 2.05) is 27.7 Å². The molecule has 7 heteroatoms. The minimum atomic E-state index is -0.748.